The third-order valence-corrected chi connectivity index (χ3v) is 4.51. The van der Waals surface area contributed by atoms with E-state index in [1.807, 2.05) is 35.2 Å². The Morgan fingerprint density at radius 2 is 1.92 bits per heavy atom. The Hall–Kier alpha value is -2.38. The van der Waals surface area contributed by atoms with Gasteiger partial charge in [-0.3, -0.25) is 4.79 Å². The van der Waals surface area contributed by atoms with E-state index in [4.69, 9.17) is 14.0 Å². The average molecular weight is 343 g/mol. The third-order valence-electron chi connectivity index (χ3n) is 4.51. The molecule has 25 heavy (non-hydrogen) atoms. The van der Waals surface area contributed by atoms with Crippen molar-refractivity contribution in [2.75, 3.05) is 44.4 Å². The molecule has 132 valence electrons. The van der Waals surface area contributed by atoms with Crippen molar-refractivity contribution < 1.29 is 18.8 Å². The number of hydrogen-bond donors (Lipinski definition) is 1. The van der Waals surface area contributed by atoms with Crippen LogP contribution in [-0.2, 0) is 9.47 Å². The van der Waals surface area contributed by atoms with Gasteiger partial charge in [-0.1, -0.05) is 35.5 Å². The lowest BCUT2D eigenvalue weighted by atomic mass is 10.1. The van der Waals surface area contributed by atoms with Gasteiger partial charge in [-0.05, 0) is 6.42 Å². The summed E-state index contributed by atoms with van der Waals surface area (Å²) in [6.07, 6.45) is 0.824. The normalized spacial score (nSPS) is 20.6. The Labute approximate surface area is 145 Å². The van der Waals surface area contributed by atoms with Crippen LogP contribution in [0.15, 0.2) is 34.9 Å². The largest absolute Gasteiger partial charge is 0.379 e. The Balaban J connectivity index is 1.69. The average Bonchev–Trinajstić information content (AvgIpc) is 3.32. The fraction of sp³-hybridized carbons (Fsp3) is 0.444. The first-order valence-electron chi connectivity index (χ1n) is 8.59. The lowest BCUT2D eigenvalue weighted by Gasteiger charge is -2.27. The van der Waals surface area contributed by atoms with E-state index in [1.54, 1.807) is 0 Å². The molecule has 1 aromatic heterocycles. The number of nitrogens with one attached hydrogen (secondary N) is 1. The number of anilines is 1. The van der Waals surface area contributed by atoms with Crippen LogP contribution >= 0.6 is 0 Å². The molecule has 2 aromatic rings. The summed E-state index contributed by atoms with van der Waals surface area (Å²) in [5.74, 6) is 0.911. The Bertz CT molecular complexity index is 719. The Morgan fingerprint density at radius 1 is 1.12 bits per heavy atom. The van der Waals surface area contributed by atoms with E-state index in [0.717, 1.165) is 12.0 Å². The molecule has 2 aliphatic rings. The third kappa shape index (κ3) is 3.38. The summed E-state index contributed by atoms with van der Waals surface area (Å²) < 4.78 is 16.4. The first-order valence-corrected chi connectivity index (χ1v) is 8.59. The maximum Gasteiger partial charge on any atom is 0.259 e. The van der Waals surface area contributed by atoms with Crippen molar-refractivity contribution in [1.29, 1.82) is 0 Å². The topological polar surface area (TPSA) is 76.8 Å². The number of morpholine rings is 1. The fourth-order valence-corrected chi connectivity index (χ4v) is 3.17. The van der Waals surface area contributed by atoms with Crippen LogP contribution in [0.4, 0.5) is 5.82 Å². The number of amides is 1. The summed E-state index contributed by atoms with van der Waals surface area (Å²) in [7, 11) is 0. The second-order valence-corrected chi connectivity index (χ2v) is 6.21. The van der Waals surface area contributed by atoms with Gasteiger partial charge in [0.05, 0.1) is 25.9 Å². The van der Waals surface area contributed by atoms with Gasteiger partial charge >= 0.3 is 0 Å². The molecular formula is C18H21N3O4. The highest BCUT2D eigenvalue weighted by molar-refractivity contribution is 6.04. The highest BCUT2D eigenvalue weighted by Crippen LogP contribution is 2.32. The lowest BCUT2D eigenvalue weighted by Crippen LogP contribution is -2.39. The lowest BCUT2D eigenvalue weighted by molar-refractivity contribution is 0.0929. The van der Waals surface area contributed by atoms with Crippen LogP contribution in [0.5, 0.6) is 0 Å². The molecule has 0 spiro atoms. The number of carbonyl (C=O) groups is 1. The number of benzene rings is 1. The molecule has 1 aromatic carbocycles. The van der Waals surface area contributed by atoms with Crippen LogP contribution in [0.25, 0.3) is 11.3 Å². The van der Waals surface area contributed by atoms with E-state index < -0.39 is 0 Å². The minimum atomic E-state index is -0.169. The van der Waals surface area contributed by atoms with Crippen molar-refractivity contribution in [2.24, 2.45) is 0 Å². The van der Waals surface area contributed by atoms with Crippen molar-refractivity contribution in [2.45, 2.75) is 12.5 Å². The maximum absolute atomic E-state index is 13.0. The van der Waals surface area contributed by atoms with E-state index in [1.165, 1.54) is 0 Å². The molecule has 1 atom stereocenters. The molecule has 0 bridgehead atoms. The number of nitrogens with zero attached hydrogens (tertiary/aromatic N) is 2. The SMILES string of the molecule is O=C(NC1CCOC1)c1c(N2CCOCC2)noc1-c1ccccc1. The van der Waals surface area contributed by atoms with E-state index in [-0.39, 0.29) is 11.9 Å². The molecule has 4 rings (SSSR count). The summed E-state index contributed by atoms with van der Waals surface area (Å²) in [4.78, 5) is 15.0. The number of rotatable bonds is 4. The molecule has 0 saturated carbocycles. The van der Waals surface area contributed by atoms with Crippen molar-refractivity contribution in [3.63, 3.8) is 0 Å². The Morgan fingerprint density at radius 3 is 2.64 bits per heavy atom. The first-order chi connectivity index (χ1) is 12.3. The molecule has 7 heteroatoms. The zero-order valence-electron chi connectivity index (χ0n) is 13.9. The van der Waals surface area contributed by atoms with Gasteiger partial charge in [0.25, 0.3) is 5.91 Å². The fourth-order valence-electron chi connectivity index (χ4n) is 3.17. The summed E-state index contributed by atoms with van der Waals surface area (Å²) >= 11 is 0. The van der Waals surface area contributed by atoms with Gasteiger partial charge in [-0.25, -0.2) is 0 Å². The molecule has 2 fully saturated rings. The minimum absolute atomic E-state index is 0.0311. The van der Waals surface area contributed by atoms with Crippen LogP contribution in [0, 0.1) is 0 Å². The minimum Gasteiger partial charge on any atom is -0.379 e. The van der Waals surface area contributed by atoms with Crippen LogP contribution in [-0.4, -0.2) is 56.6 Å². The molecule has 3 heterocycles. The van der Waals surface area contributed by atoms with Gasteiger partial charge in [0.15, 0.2) is 11.6 Å². The zero-order chi connectivity index (χ0) is 17.1. The number of aromatic nitrogens is 1. The van der Waals surface area contributed by atoms with Crippen LogP contribution in [0.1, 0.15) is 16.8 Å². The molecule has 7 nitrogen and oxygen atoms in total. The number of ether oxygens (including phenoxy) is 2. The molecule has 2 saturated heterocycles. The smallest absolute Gasteiger partial charge is 0.259 e. The van der Waals surface area contributed by atoms with Gasteiger partial charge in [0, 0.05) is 25.3 Å². The van der Waals surface area contributed by atoms with E-state index in [0.29, 0.717) is 56.7 Å². The molecule has 0 radical (unpaired) electrons. The van der Waals surface area contributed by atoms with Gasteiger partial charge in [-0.2, -0.15) is 0 Å². The molecular weight excluding hydrogens is 322 g/mol. The second-order valence-electron chi connectivity index (χ2n) is 6.21. The predicted molar refractivity (Wildman–Crippen MR) is 91.7 cm³/mol. The zero-order valence-corrected chi connectivity index (χ0v) is 13.9. The Kier molecular flexibility index (Phi) is 4.67. The van der Waals surface area contributed by atoms with Gasteiger partial charge < -0.3 is 24.2 Å². The van der Waals surface area contributed by atoms with Crippen molar-refractivity contribution >= 4 is 11.7 Å². The standard InChI is InChI=1S/C18H21N3O4/c22-18(19-14-6-9-24-12-14)15-16(13-4-2-1-3-5-13)25-20-17(15)21-7-10-23-11-8-21/h1-5,14H,6-12H2,(H,19,22). The highest BCUT2D eigenvalue weighted by Gasteiger charge is 2.30. The molecule has 1 N–H and O–H groups in total. The van der Waals surface area contributed by atoms with Crippen molar-refractivity contribution in [3.8, 4) is 11.3 Å². The monoisotopic (exact) mass is 343 g/mol. The van der Waals surface area contributed by atoms with E-state index in [9.17, 15) is 4.79 Å². The highest BCUT2D eigenvalue weighted by atomic mass is 16.5. The summed E-state index contributed by atoms with van der Waals surface area (Å²) in [5, 5.41) is 7.26. The predicted octanol–water partition coefficient (Wildman–Crippen LogP) is 1.70. The van der Waals surface area contributed by atoms with Crippen molar-refractivity contribution in [3.05, 3.63) is 35.9 Å². The number of carbonyl (C=O) groups excluding carboxylic acids is 1. The van der Waals surface area contributed by atoms with Crippen molar-refractivity contribution in [1.82, 2.24) is 10.5 Å². The first kappa shape index (κ1) is 16.1. The summed E-state index contributed by atoms with van der Waals surface area (Å²) in [6.45, 7) is 3.83. The molecule has 1 amide bonds. The van der Waals surface area contributed by atoms with Crippen LogP contribution in [0.3, 0.4) is 0 Å². The van der Waals surface area contributed by atoms with Gasteiger partial charge in [0.1, 0.15) is 5.56 Å². The van der Waals surface area contributed by atoms with Gasteiger partial charge in [0.2, 0.25) is 0 Å². The van der Waals surface area contributed by atoms with Crippen LogP contribution in [0.2, 0.25) is 0 Å². The quantitative estimate of drug-likeness (QED) is 0.910. The van der Waals surface area contributed by atoms with E-state index >= 15 is 0 Å². The van der Waals surface area contributed by atoms with Crippen LogP contribution < -0.4 is 10.2 Å². The molecule has 0 aliphatic carbocycles. The summed E-state index contributed by atoms with van der Waals surface area (Å²) in [5.41, 5.74) is 1.32. The molecule has 1 unspecified atom stereocenters. The summed E-state index contributed by atoms with van der Waals surface area (Å²) in [6, 6.07) is 9.62. The molecule has 2 aliphatic heterocycles. The van der Waals surface area contributed by atoms with Gasteiger partial charge in [-0.15, -0.1) is 0 Å². The maximum atomic E-state index is 13.0. The number of hydrogen-bond acceptors (Lipinski definition) is 6. The van der Waals surface area contributed by atoms with E-state index in [2.05, 4.69) is 10.5 Å². The second kappa shape index (κ2) is 7.25.